The van der Waals surface area contributed by atoms with Gasteiger partial charge in [0.2, 0.25) is 0 Å². The van der Waals surface area contributed by atoms with Crippen molar-refractivity contribution in [3.63, 3.8) is 0 Å². The van der Waals surface area contributed by atoms with Crippen LogP contribution in [0.5, 0.6) is 0 Å². The molecule has 0 saturated carbocycles. The van der Waals surface area contributed by atoms with E-state index >= 15 is 0 Å². The number of ether oxygens (including phenoxy) is 1. The maximum Gasteiger partial charge on any atom is 0.319 e. The zero-order valence-electron chi connectivity index (χ0n) is 10.6. The van der Waals surface area contributed by atoms with Gasteiger partial charge in [0.1, 0.15) is 11.1 Å². The first-order chi connectivity index (χ1) is 8.58. The summed E-state index contributed by atoms with van der Waals surface area (Å²) in [6.07, 6.45) is 2.57. The van der Waals surface area contributed by atoms with E-state index in [0.717, 1.165) is 12.8 Å². The number of rotatable bonds is 6. The third-order valence-corrected chi connectivity index (χ3v) is 3.81. The molecule has 0 spiro atoms. The Balaban J connectivity index is 2.78. The molecule has 5 heteroatoms. The Kier molecular flexibility index (Phi) is 5.98. The van der Waals surface area contributed by atoms with Crippen LogP contribution in [0, 0.1) is 5.82 Å². The molecule has 0 amide bonds. The molecule has 3 nitrogen and oxygen atoms in total. The van der Waals surface area contributed by atoms with Crippen LogP contribution in [0.15, 0.2) is 23.1 Å². The highest BCUT2D eigenvalue weighted by molar-refractivity contribution is 8.00. The quantitative estimate of drug-likeness (QED) is 0.490. The summed E-state index contributed by atoms with van der Waals surface area (Å²) in [5.41, 5.74) is 5.86. The van der Waals surface area contributed by atoms with Gasteiger partial charge in [-0.15, -0.1) is 11.8 Å². The van der Waals surface area contributed by atoms with Crippen LogP contribution < -0.4 is 5.73 Å². The Morgan fingerprint density at radius 1 is 1.56 bits per heavy atom. The van der Waals surface area contributed by atoms with Gasteiger partial charge in [-0.05, 0) is 24.6 Å². The van der Waals surface area contributed by atoms with Crippen LogP contribution in [-0.4, -0.2) is 18.3 Å². The number of unbranched alkanes of at least 4 members (excludes halogenated alkanes) is 1. The number of hydrogen-bond donors (Lipinski definition) is 1. The summed E-state index contributed by atoms with van der Waals surface area (Å²) in [7, 11) is 1.35. The Bertz CT molecular complexity index is 412. The molecule has 0 aliphatic rings. The van der Waals surface area contributed by atoms with Crippen molar-refractivity contribution in [2.45, 2.75) is 36.3 Å². The number of hydrogen-bond acceptors (Lipinski definition) is 4. The number of anilines is 1. The molecule has 18 heavy (non-hydrogen) atoms. The van der Waals surface area contributed by atoms with Gasteiger partial charge >= 0.3 is 5.97 Å². The van der Waals surface area contributed by atoms with E-state index in [1.165, 1.54) is 24.9 Å². The maximum atomic E-state index is 13.6. The highest BCUT2D eigenvalue weighted by atomic mass is 32.2. The molecular formula is C13H18FNO2S. The highest BCUT2D eigenvalue weighted by Gasteiger charge is 2.21. The largest absolute Gasteiger partial charge is 0.468 e. The van der Waals surface area contributed by atoms with E-state index in [2.05, 4.69) is 0 Å². The first-order valence-electron chi connectivity index (χ1n) is 5.88. The lowest BCUT2D eigenvalue weighted by atomic mass is 10.2. The number of halogens is 1. The predicted octanol–water partition coefficient (Wildman–Crippen LogP) is 3.23. The minimum atomic E-state index is -0.398. The molecule has 1 aromatic carbocycles. The average Bonchev–Trinajstić information content (AvgIpc) is 2.36. The summed E-state index contributed by atoms with van der Waals surface area (Å²) < 4.78 is 18.4. The van der Waals surface area contributed by atoms with Gasteiger partial charge < -0.3 is 10.5 Å². The lowest BCUT2D eigenvalue weighted by molar-refractivity contribution is -0.140. The van der Waals surface area contributed by atoms with Crippen molar-refractivity contribution >= 4 is 23.4 Å². The predicted molar refractivity (Wildman–Crippen MR) is 72.0 cm³/mol. The van der Waals surface area contributed by atoms with Crippen LogP contribution in [0.25, 0.3) is 0 Å². The molecule has 1 rings (SSSR count). The fourth-order valence-electron chi connectivity index (χ4n) is 1.51. The Morgan fingerprint density at radius 2 is 2.28 bits per heavy atom. The van der Waals surface area contributed by atoms with Crippen molar-refractivity contribution < 1.29 is 13.9 Å². The van der Waals surface area contributed by atoms with Gasteiger partial charge in [-0.25, -0.2) is 4.39 Å². The van der Waals surface area contributed by atoms with Crippen LogP contribution in [-0.2, 0) is 9.53 Å². The monoisotopic (exact) mass is 271 g/mol. The molecule has 2 N–H and O–H groups in total. The molecule has 0 aliphatic heterocycles. The summed E-state index contributed by atoms with van der Waals surface area (Å²) in [4.78, 5) is 12.0. The van der Waals surface area contributed by atoms with Gasteiger partial charge in [-0.1, -0.05) is 19.8 Å². The first-order valence-corrected chi connectivity index (χ1v) is 6.76. The molecule has 1 unspecified atom stereocenters. The Morgan fingerprint density at radius 3 is 2.83 bits per heavy atom. The number of thioether (sulfide) groups is 1. The number of esters is 1. The number of nitrogen functional groups attached to an aromatic ring is 1. The zero-order valence-corrected chi connectivity index (χ0v) is 11.4. The Hall–Kier alpha value is -1.23. The molecular weight excluding hydrogens is 253 g/mol. The van der Waals surface area contributed by atoms with Gasteiger partial charge in [0, 0.05) is 10.6 Å². The van der Waals surface area contributed by atoms with Crippen molar-refractivity contribution in [2.24, 2.45) is 0 Å². The summed E-state index contributed by atoms with van der Waals surface area (Å²) in [5.74, 6) is -0.713. The second-order valence-electron chi connectivity index (χ2n) is 3.96. The lowest BCUT2D eigenvalue weighted by Gasteiger charge is -2.14. The van der Waals surface area contributed by atoms with Crippen LogP contribution in [0.1, 0.15) is 26.2 Å². The van der Waals surface area contributed by atoms with Crippen molar-refractivity contribution in [3.8, 4) is 0 Å². The lowest BCUT2D eigenvalue weighted by Crippen LogP contribution is -2.18. The molecule has 100 valence electrons. The van der Waals surface area contributed by atoms with Gasteiger partial charge in [-0.3, -0.25) is 4.79 Å². The fraction of sp³-hybridized carbons (Fsp3) is 0.462. The van der Waals surface area contributed by atoms with E-state index in [4.69, 9.17) is 10.5 Å². The third kappa shape index (κ3) is 4.22. The smallest absolute Gasteiger partial charge is 0.319 e. The van der Waals surface area contributed by atoms with Crippen molar-refractivity contribution in [3.05, 3.63) is 24.0 Å². The highest BCUT2D eigenvalue weighted by Crippen LogP contribution is 2.30. The van der Waals surface area contributed by atoms with E-state index in [1.54, 1.807) is 12.1 Å². The van der Waals surface area contributed by atoms with Crippen molar-refractivity contribution in [1.29, 1.82) is 0 Å². The summed E-state index contributed by atoms with van der Waals surface area (Å²) in [5, 5.41) is -0.368. The van der Waals surface area contributed by atoms with E-state index in [-0.39, 0.29) is 11.2 Å². The number of carbonyl (C=O) groups is 1. The second-order valence-corrected chi connectivity index (χ2v) is 5.21. The standard InChI is InChI=1S/C13H18FNO2S/c1-3-4-5-12(13(16)17-2)18-11-7-6-9(15)8-10(11)14/h6-8,12H,3-5,15H2,1-2H3. The molecule has 0 radical (unpaired) electrons. The topological polar surface area (TPSA) is 52.3 Å². The van der Waals surface area contributed by atoms with E-state index in [9.17, 15) is 9.18 Å². The summed E-state index contributed by atoms with van der Waals surface area (Å²) in [6, 6.07) is 4.48. The molecule has 1 atom stereocenters. The minimum absolute atomic E-state index is 0.315. The van der Waals surface area contributed by atoms with Crippen molar-refractivity contribution in [2.75, 3.05) is 12.8 Å². The number of methoxy groups -OCH3 is 1. The summed E-state index contributed by atoms with van der Waals surface area (Å²) in [6.45, 7) is 2.04. The fourth-order valence-corrected chi connectivity index (χ4v) is 2.61. The molecule has 0 bridgehead atoms. The van der Waals surface area contributed by atoms with Gasteiger partial charge in [0.25, 0.3) is 0 Å². The van der Waals surface area contributed by atoms with Crippen LogP contribution in [0.3, 0.4) is 0 Å². The number of nitrogens with two attached hydrogens (primary N) is 1. The van der Waals surface area contributed by atoms with Gasteiger partial charge in [-0.2, -0.15) is 0 Å². The Labute approximate surface area is 111 Å². The molecule has 0 heterocycles. The minimum Gasteiger partial charge on any atom is -0.468 e. The maximum absolute atomic E-state index is 13.6. The second kappa shape index (κ2) is 7.26. The molecule has 0 aliphatic carbocycles. The van der Waals surface area contributed by atoms with Crippen molar-refractivity contribution in [1.82, 2.24) is 0 Å². The van der Waals surface area contributed by atoms with E-state index in [0.29, 0.717) is 17.0 Å². The van der Waals surface area contributed by atoms with Crippen LogP contribution in [0.4, 0.5) is 10.1 Å². The van der Waals surface area contributed by atoms with E-state index < -0.39 is 5.82 Å². The van der Waals surface area contributed by atoms with E-state index in [1.807, 2.05) is 6.92 Å². The molecule has 0 saturated heterocycles. The molecule has 0 fully saturated rings. The zero-order chi connectivity index (χ0) is 13.5. The summed E-state index contributed by atoms with van der Waals surface area (Å²) >= 11 is 1.19. The molecule has 1 aromatic rings. The van der Waals surface area contributed by atoms with Crippen LogP contribution >= 0.6 is 11.8 Å². The first kappa shape index (κ1) is 14.8. The average molecular weight is 271 g/mol. The van der Waals surface area contributed by atoms with Gasteiger partial charge in [0.15, 0.2) is 0 Å². The SMILES string of the molecule is CCCCC(Sc1ccc(N)cc1F)C(=O)OC. The van der Waals surface area contributed by atoms with Gasteiger partial charge in [0.05, 0.1) is 7.11 Å². The third-order valence-electron chi connectivity index (χ3n) is 2.51. The van der Waals surface area contributed by atoms with Crippen LogP contribution in [0.2, 0.25) is 0 Å². The number of benzene rings is 1. The normalized spacial score (nSPS) is 12.2. The number of carbonyl (C=O) groups excluding carboxylic acids is 1. The molecule has 0 aromatic heterocycles.